The third-order valence-corrected chi connectivity index (χ3v) is 4.41. The van der Waals surface area contributed by atoms with Crippen LogP contribution in [0.3, 0.4) is 0 Å². The van der Waals surface area contributed by atoms with Crippen molar-refractivity contribution in [2.75, 3.05) is 6.54 Å². The second-order valence-corrected chi connectivity index (χ2v) is 6.06. The van der Waals surface area contributed by atoms with Crippen LogP contribution < -0.4 is 0 Å². The van der Waals surface area contributed by atoms with Gasteiger partial charge in [0.15, 0.2) is 0 Å². The number of amides is 2. The molecule has 1 aromatic rings. The van der Waals surface area contributed by atoms with Gasteiger partial charge in [0.1, 0.15) is 13.2 Å². The lowest BCUT2D eigenvalue weighted by molar-refractivity contribution is -0.153. The summed E-state index contributed by atoms with van der Waals surface area (Å²) in [7, 11) is 0. The Kier molecular flexibility index (Phi) is 4.28. The topological polar surface area (TPSA) is 63.7 Å². The molecule has 2 atom stereocenters. The first-order valence-electron chi connectivity index (χ1n) is 7.77. The Hall–Kier alpha value is -2.43. The molecular weight excluding hydrogens is 294 g/mol. The smallest absolute Gasteiger partial charge is 0.326 e. The zero-order valence-electron chi connectivity index (χ0n) is 13.0. The van der Waals surface area contributed by atoms with Crippen molar-refractivity contribution in [3.63, 3.8) is 0 Å². The Morgan fingerprint density at radius 2 is 1.65 bits per heavy atom. The predicted molar refractivity (Wildman–Crippen MR) is 83.0 cm³/mol. The van der Waals surface area contributed by atoms with Crippen molar-refractivity contribution in [3.8, 4) is 0 Å². The number of nitrogens with zero attached hydrogens (tertiary/aromatic N) is 1. The lowest BCUT2D eigenvalue weighted by atomic mass is 9.85. The maximum absolute atomic E-state index is 12.3. The van der Waals surface area contributed by atoms with E-state index >= 15 is 0 Å². The van der Waals surface area contributed by atoms with E-state index in [1.54, 1.807) is 0 Å². The summed E-state index contributed by atoms with van der Waals surface area (Å²) in [5.74, 6) is -1.68. The third kappa shape index (κ3) is 3.18. The third-order valence-electron chi connectivity index (χ3n) is 4.41. The van der Waals surface area contributed by atoms with Crippen molar-refractivity contribution in [1.29, 1.82) is 0 Å². The van der Waals surface area contributed by atoms with Crippen LogP contribution in [0, 0.1) is 18.8 Å². The normalized spacial score (nSPS) is 23.1. The molecule has 0 N–H and O–H groups in total. The summed E-state index contributed by atoms with van der Waals surface area (Å²) in [4.78, 5) is 37.5. The second-order valence-electron chi connectivity index (χ2n) is 6.06. The van der Waals surface area contributed by atoms with Gasteiger partial charge in [-0.2, -0.15) is 0 Å². The molecule has 1 aromatic carbocycles. The molecule has 5 nitrogen and oxygen atoms in total. The van der Waals surface area contributed by atoms with Gasteiger partial charge in [-0.25, -0.2) is 0 Å². The van der Waals surface area contributed by atoms with E-state index in [0.29, 0.717) is 12.8 Å². The summed E-state index contributed by atoms with van der Waals surface area (Å²) in [6, 6.07) is 7.65. The second kappa shape index (κ2) is 6.36. The summed E-state index contributed by atoms with van der Waals surface area (Å²) in [5, 5.41) is 0. The standard InChI is InChI=1S/C18H19NO4/c1-12-6-8-13(9-7-12)11-23-16(20)10-19-17(21)14-4-2-3-5-15(14)18(19)22/h2-3,6-9,14-15H,4-5,10-11H2,1H3/t14-,15-/m1/s1. The first-order valence-corrected chi connectivity index (χ1v) is 7.77. The zero-order chi connectivity index (χ0) is 16.4. The molecule has 1 fully saturated rings. The number of carbonyl (C=O) groups is 3. The van der Waals surface area contributed by atoms with E-state index in [2.05, 4.69) is 0 Å². The van der Waals surface area contributed by atoms with Gasteiger partial charge in [0.25, 0.3) is 0 Å². The van der Waals surface area contributed by atoms with Gasteiger partial charge in [-0.15, -0.1) is 0 Å². The van der Waals surface area contributed by atoms with Crippen LogP contribution in [-0.4, -0.2) is 29.2 Å². The van der Waals surface area contributed by atoms with E-state index < -0.39 is 5.97 Å². The number of rotatable bonds is 4. The van der Waals surface area contributed by atoms with Crippen LogP contribution in [0.25, 0.3) is 0 Å². The molecule has 3 rings (SSSR count). The fraction of sp³-hybridized carbons (Fsp3) is 0.389. The molecule has 2 amide bonds. The van der Waals surface area contributed by atoms with Crippen LogP contribution in [0.2, 0.25) is 0 Å². The first-order chi connectivity index (χ1) is 11.1. The minimum atomic E-state index is -0.557. The van der Waals surface area contributed by atoms with Gasteiger partial charge >= 0.3 is 5.97 Å². The Labute approximate surface area is 134 Å². The minimum Gasteiger partial charge on any atom is -0.459 e. The highest BCUT2D eigenvalue weighted by Gasteiger charge is 2.47. The van der Waals surface area contributed by atoms with Crippen LogP contribution in [0.4, 0.5) is 0 Å². The molecule has 1 aliphatic heterocycles. The number of hydrogen-bond acceptors (Lipinski definition) is 4. The molecule has 0 bridgehead atoms. The summed E-state index contributed by atoms with van der Waals surface area (Å²) >= 11 is 0. The predicted octanol–water partition coefficient (Wildman–Crippen LogP) is 1.99. The Morgan fingerprint density at radius 1 is 1.09 bits per heavy atom. The van der Waals surface area contributed by atoms with E-state index in [4.69, 9.17) is 4.74 Å². The first kappa shape index (κ1) is 15.5. The number of likely N-dealkylation sites (tertiary alicyclic amines) is 1. The molecule has 120 valence electrons. The van der Waals surface area contributed by atoms with Gasteiger partial charge in [0.2, 0.25) is 11.8 Å². The van der Waals surface area contributed by atoms with Crippen molar-refractivity contribution < 1.29 is 19.1 Å². The van der Waals surface area contributed by atoms with Crippen molar-refractivity contribution in [1.82, 2.24) is 4.90 Å². The number of ether oxygens (including phenoxy) is 1. The summed E-state index contributed by atoms with van der Waals surface area (Å²) in [5.41, 5.74) is 2.01. The Bertz CT molecular complexity index is 636. The van der Waals surface area contributed by atoms with Gasteiger partial charge in [-0.05, 0) is 25.3 Å². The number of hydrogen-bond donors (Lipinski definition) is 0. The molecule has 1 saturated heterocycles. The van der Waals surface area contributed by atoms with E-state index in [1.165, 1.54) is 0 Å². The molecule has 2 aliphatic rings. The average molecular weight is 313 g/mol. The molecule has 5 heteroatoms. The largest absolute Gasteiger partial charge is 0.459 e. The summed E-state index contributed by atoms with van der Waals surface area (Å²) in [6.07, 6.45) is 4.99. The molecule has 1 heterocycles. The Balaban J connectivity index is 1.56. The van der Waals surface area contributed by atoms with Gasteiger partial charge in [0.05, 0.1) is 11.8 Å². The van der Waals surface area contributed by atoms with Gasteiger partial charge in [-0.1, -0.05) is 42.0 Å². The fourth-order valence-electron chi connectivity index (χ4n) is 3.05. The zero-order valence-corrected chi connectivity index (χ0v) is 13.0. The van der Waals surface area contributed by atoms with Crippen LogP contribution in [0.15, 0.2) is 36.4 Å². The molecule has 0 spiro atoms. The molecule has 1 aliphatic carbocycles. The van der Waals surface area contributed by atoms with Gasteiger partial charge < -0.3 is 4.74 Å². The number of imide groups is 1. The van der Waals surface area contributed by atoms with Gasteiger partial charge in [-0.3, -0.25) is 19.3 Å². The average Bonchev–Trinajstić information content (AvgIpc) is 2.80. The SMILES string of the molecule is Cc1ccc(COC(=O)CN2C(=O)[C@@H]3CC=CC[C@H]3C2=O)cc1. The van der Waals surface area contributed by atoms with Crippen LogP contribution in [0.1, 0.15) is 24.0 Å². The molecule has 0 aromatic heterocycles. The summed E-state index contributed by atoms with van der Waals surface area (Å²) in [6.45, 7) is 1.83. The highest BCUT2D eigenvalue weighted by atomic mass is 16.5. The van der Waals surface area contributed by atoms with E-state index in [0.717, 1.165) is 16.0 Å². The molecule has 23 heavy (non-hydrogen) atoms. The summed E-state index contributed by atoms with van der Waals surface area (Å²) < 4.78 is 5.18. The van der Waals surface area contributed by atoms with Crippen molar-refractivity contribution in [3.05, 3.63) is 47.5 Å². The fourth-order valence-corrected chi connectivity index (χ4v) is 3.05. The van der Waals surface area contributed by atoms with Crippen molar-refractivity contribution >= 4 is 17.8 Å². The highest BCUT2D eigenvalue weighted by molar-refractivity contribution is 6.07. The maximum atomic E-state index is 12.3. The van der Waals surface area contributed by atoms with E-state index in [-0.39, 0.29) is 36.8 Å². The van der Waals surface area contributed by atoms with Crippen LogP contribution in [-0.2, 0) is 25.7 Å². The molecule has 0 unspecified atom stereocenters. The lowest BCUT2D eigenvalue weighted by Crippen LogP contribution is -2.36. The lowest BCUT2D eigenvalue weighted by Gasteiger charge is -2.14. The van der Waals surface area contributed by atoms with Crippen molar-refractivity contribution in [2.45, 2.75) is 26.4 Å². The van der Waals surface area contributed by atoms with Crippen molar-refractivity contribution in [2.24, 2.45) is 11.8 Å². The van der Waals surface area contributed by atoms with Gasteiger partial charge in [0, 0.05) is 0 Å². The monoisotopic (exact) mass is 313 g/mol. The molecular formula is C18H19NO4. The van der Waals surface area contributed by atoms with Crippen LogP contribution in [0.5, 0.6) is 0 Å². The quantitative estimate of drug-likeness (QED) is 0.484. The number of fused-ring (bicyclic) bond motifs is 1. The van der Waals surface area contributed by atoms with E-state index in [9.17, 15) is 14.4 Å². The molecule has 0 saturated carbocycles. The number of carbonyl (C=O) groups excluding carboxylic acids is 3. The molecule has 0 radical (unpaired) electrons. The highest BCUT2D eigenvalue weighted by Crippen LogP contribution is 2.34. The minimum absolute atomic E-state index is 0.143. The Morgan fingerprint density at radius 3 is 2.22 bits per heavy atom. The maximum Gasteiger partial charge on any atom is 0.326 e. The number of esters is 1. The number of allylic oxidation sites excluding steroid dienone is 2. The number of aryl methyl sites for hydroxylation is 1. The number of benzene rings is 1. The van der Waals surface area contributed by atoms with E-state index in [1.807, 2.05) is 43.3 Å². The van der Waals surface area contributed by atoms with Crippen LogP contribution >= 0.6 is 0 Å².